The molecule has 10 heavy (non-hydrogen) atoms. The van der Waals surface area contributed by atoms with Gasteiger partial charge in [-0.05, 0) is 30.6 Å². The van der Waals surface area contributed by atoms with E-state index in [-0.39, 0.29) is 0 Å². The molecule has 0 aromatic carbocycles. The third-order valence-corrected chi connectivity index (χ3v) is 3.20. The molecule has 0 amide bonds. The third kappa shape index (κ3) is 0.882. The van der Waals surface area contributed by atoms with Gasteiger partial charge in [0.05, 0.1) is 0 Å². The van der Waals surface area contributed by atoms with Crippen molar-refractivity contribution in [2.75, 3.05) is 0 Å². The molecule has 1 unspecified atom stereocenters. The Labute approximate surface area is 61.8 Å². The molecule has 0 N–H and O–H groups in total. The fourth-order valence-electron chi connectivity index (χ4n) is 2.60. The summed E-state index contributed by atoms with van der Waals surface area (Å²) in [6, 6.07) is 0. The molecule has 0 spiro atoms. The maximum absolute atomic E-state index is 10.2. The summed E-state index contributed by atoms with van der Waals surface area (Å²) >= 11 is 0. The molecule has 1 nitrogen and oxygen atoms in total. The average Bonchev–Trinajstić information content (AvgIpc) is 2.66. The fourth-order valence-corrected chi connectivity index (χ4v) is 2.60. The first-order valence-electron chi connectivity index (χ1n) is 4.37. The molecule has 3 atom stereocenters. The molecule has 2 aliphatic carbocycles. The van der Waals surface area contributed by atoms with E-state index in [0.717, 1.165) is 30.5 Å². The van der Waals surface area contributed by atoms with Crippen LogP contribution in [0, 0.1) is 17.8 Å². The third-order valence-electron chi connectivity index (χ3n) is 3.20. The van der Waals surface area contributed by atoms with E-state index in [1.54, 1.807) is 0 Å². The van der Waals surface area contributed by atoms with Crippen LogP contribution in [-0.4, -0.2) is 6.29 Å². The van der Waals surface area contributed by atoms with Gasteiger partial charge in [-0.1, -0.05) is 12.8 Å². The second-order valence-electron chi connectivity index (χ2n) is 3.68. The Balaban J connectivity index is 1.87. The lowest BCUT2D eigenvalue weighted by atomic mass is 10.0. The van der Waals surface area contributed by atoms with Crippen LogP contribution in [0.15, 0.2) is 0 Å². The van der Waals surface area contributed by atoms with Gasteiger partial charge in [-0.15, -0.1) is 0 Å². The molecule has 2 aliphatic rings. The highest BCUT2D eigenvalue weighted by Gasteiger charge is 2.49. The van der Waals surface area contributed by atoms with Crippen LogP contribution in [0.4, 0.5) is 0 Å². The minimum Gasteiger partial charge on any atom is -0.303 e. The summed E-state index contributed by atoms with van der Waals surface area (Å²) < 4.78 is 0. The van der Waals surface area contributed by atoms with Crippen molar-refractivity contribution in [2.24, 2.45) is 17.8 Å². The molecule has 0 aliphatic heterocycles. The van der Waals surface area contributed by atoms with E-state index < -0.39 is 0 Å². The zero-order chi connectivity index (χ0) is 6.97. The van der Waals surface area contributed by atoms with Crippen LogP contribution in [0.2, 0.25) is 0 Å². The van der Waals surface area contributed by atoms with Gasteiger partial charge >= 0.3 is 0 Å². The molecule has 2 rings (SSSR count). The van der Waals surface area contributed by atoms with E-state index in [4.69, 9.17) is 0 Å². The molecule has 0 saturated heterocycles. The lowest BCUT2D eigenvalue weighted by Gasteiger charge is -2.04. The van der Waals surface area contributed by atoms with Gasteiger partial charge in [-0.2, -0.15) is 0 Å². The van der Waals surface area contributed by atoms with Crippen LogP contribution in [0.5, 0.6) is 0 Å². The Kier molecular flexibility index (Phi) is 1.51. The smallest absolute Gasteiger partial charge is 0.120 e. The van der Waals surface area contributed by atoms with Gasteiger partial charge in [-0.3, -0.25) is 0 Å². The Morgan fingerprint density at radius 1 is 1.20 bits per heavy atom. The Morgan fingerprint density at radius 3 is 2.30 bits per heavy atom. The maximum atomic E-state index is 10.2. The molecule has 0 aromatic rings. The zero-order valence-corrected chi connectivity index (χ0v) is 6.25. The second-order valence-corrected chi connectivity index (χ2v) is 3.68. The van der Waals surface area contributed by atoms with Gasteiger partial charge in [0.15, 0.2) is 0 Å². The largest absolute Gasteiger partial charge is 0.303 e. The van der Waals surface area contributed by atoms with Crippen molar-refractivity contribution in [1.82, 2.24) is 0 Å². The summed E-state index contributed by atoms with van der Waals surface area (Å²) in [6.45, 7) is 0. The van der Waals surface area contributed by atoms with Crippen molar-refractivity contribution in [3.8, 4) is 0 Å². The summed E-state index contributed by atoms with van der Waals surface area (Å²) in [7, 11) is 0. The Hall–Kier alpha value is -0.330. The first-order chi connectivity index (χ1) is 4.93. The van der Waals surface area contributed by atoms with E-state index in [9.17, 15) is 4.79 Å². The molecule has 56 valence electrons. The number of fused-ring (bicyclic) bond motifs is 1. The van der Waals surface area contributed by atoms with E-state index in [2.05, 4.69) is 0 Å². The van der Waals surface area contributed by atoms with E-state index in [1.807, 2.05) is 0 Å². The van der Waals surface area contributed by atoms with Crippen LogP contribution in [0.25, 0.3) is 0 Å². The number of rotatable bonds is 2. The number of hydrogen-bond donors (Lipinski definition) is 0. The van der Waals surface area contributed by atoms with Crippen LogP contribution in [0.1, 0.15) is 32.1 Å². The van der Waals surface area contributed by atoms with E-state index in [1.165, 1.54) is 25.7 Å². The first kappa shape index (κ1) is 6.38. The SMILES string of the molecule is O=CCC1[C@H]2CCCC[C@@H]12. The van der Waals surface area contributed by atoms with Gasteiger partial charge in [0, 0.05) is 6.42 Å². The van der Waals surface area contributed by atoms with Crippen molar-refractivity contribution in [3.05, 3.63) is 0 Å². The number of carbonyl (C=O) groups excluding carboxylic acids is 1. The molecule has 0 radical (unpaired) electrons. The predicted octanol–water partition coefficient (Wildman–Crippen LogP) is 2.01. The van der Waals surface area contributed by atoms with Gasteiger partial charge < -0.3 is 4.79 Å². The molecule has 0 bridgehead atoms. The van der Waals surface area contributed by atoms with Crippen molar-refractivity contribution < 1.29 is 4.79 Å². The fraction of sp³-hybridized carbons (Fsp3) is 0.889. The van der Waals surface area contributed by atoms with Gasteiger partial charge in [-0.25, -0.2) is 0 Å². The summed E-state index contributed by atoms with van der Waals surface area (Å²) in [4.78, 5) is 10.2. The zero-order valence-electron chi connectivity index (χ0n) is 6.25. The molecule has 2 saturated carbocycles. The first-order valence-corrected chi connectivity index (χ1v) is 4.37. The minimum absolute atomic E-state index is 0.806. The van der Waals surface area contributed by atoms with E-state index >= 15 is 0 Å². The monoisotopic (exact) mass is 138 g/mol. The van der Waals surface area contributed by atoms with Gasteiger partial charge in [0.2, 0.25) is 0 Å². The molecular formula is C9H14O. The number of aldehydes is 1. The summed E-state index contributed by atoms with van der Waals surface area (Å²) in [5.41, 5.74) is 0. The highest BCUT2D eigenvalue weighted by Crippen LogP contribution is 2.56. The van der Waals surface area contributed by atoms with E-state index in [0.29, 0.717) is 0 Å². The van der Waals surface area contributed by atoms with Crippen LogP contribution in [-0.2, 0) is 4.79 Å². The predicted molar refractivity (Wildman–Crippen MR) is 39.6 cm³/mol. The van der Waals surface area contributed by atoms with Crippen molar-refractivity contribution in [1.29, 1.82) is 0 Å². The average molecular weight is 138 g/mol. The van der Waals surface area contributed by atoms with Crippen LogP contribution >= 0.6 is 0 Å². The standard InChI is InChI=1S/C9H14O/c10-6-5-9-7-3-1-2-4-8(7)9/h6-9H,1-5H2/t7-,8+,9?. The number of carbonyl (C=O) groups is 1. The summed E-state index contributed by atoms with van der Waals surface area (Å²) in [5, 5.41) is 0. The molecule has 0 heterocycles. The van der Waals surface area contributed by atoms with Crippen LogP contribution in [0.3, 0.4) is 0 Å². The lowest BCUT2D eigenvalue weighted by Crippen LogP contribution is -1.91. The Morgan fingerprint density at radius 2 is 1.80 bits per heavy atom. The molecular weight excluding hydrogens is 124 g/mol. The normalized spacial score (nSPS) is 44.2. The molecule has 0 aromatic heterocycles. The summed E-state index contributed by atoms with van der Waals surface area (Å²) in [6.07, 6.45) is 7.58. The summed E-state index contributed by atoms with van der Waals surface area (Å²) in [5.74, 6) is 2.72. The van der Waals surface area contributed by atoms with Gasteiger partial charge in [0.1, 0.15) is 6.29 Å². The molecule has 2 fully saturated rings. The highest BCUT2D eigenvalue weighted by atomic mass is 16.1. The van der Waals surface area contributed by atoms with Crippen molar-refractivity contribution >= 4 is 6.29 Å². The maximum Gasteiger partial charge on any atom is 0.120 e. The van der Waals surface area contributed by atoms with Crippen molar-refractivity contribution in [2.45, 2.75) is 32.1 Å². The minimum atomic E-state index is 0.806. The van der Waals surface area contributed by atoms with Crippen molar-refractivity contribution in [3.63, 3.8) is 0 Å². The van der Waals surface area contributed by atoms with Gasteiger partial charge in [0.25, 0.3) is 0 Å². The topological polar surface area (TPSA) is 17.1 Å². The second kappa shape index (κ2) is 2.37. The highest BCUT2D eigenvalue weighted by molar-refractivity contribution is 5.50. The Bertz CT molecular complexity index is 130. The lowest BCUT2D eigenvalue weighted by molar-refractivity contribution is -0.108. The quantitative estimate of drug-likeness (QED) is 0.533. The number of hydrogen-bond acceptors (Lipinski definition) is 1. The van der Waals surface area contributed by atoms with Crippen LogP contribution < -0.4 is 0 Å². The molecule has 1 heteroatoms.